The lowest BCUT2D eigenvalue weighted by Crippen LogP contribution is -2.18. The van der Waals surface area contributed by atoms with Crippen molar-refractivity contribution >= 4 is 10.8 Å². The predicted octanol–water partition coefficient (Wildman–Crippen LogP) is 3.11. The largest absolute Gasteiger partial charge is 0.323 e. The van der Waals surface area contributed by atoms with Crippen molar-refractivity contribution in [3.05, 3.63) is 65.2 Å². The van der Waals surface area contributed by atoms with Crippen LogP contribution in [0.2, 0.25) is 0 Å². The third-order valence-corrected chi connectivity index (χ3v) is 4.76. The van der Waals surface area contributed by atoms with Crippen molar-refractivity contribution in [2.24, 2.45) is 5.73 Å². The van der Waals surface area contributed by atoms with Gasteiger partial charge in [0.05, 0.1) is 10.8 Å². The minimum Gasteiger partial charge on any atom is -0.323 e. The van der Waals surface area contributed by atoms with Crippen molar-refractivity contribution in [2.75, 3.05) is 5.75 Å². The molecule has 0 heterocycles. The molecular weight excluding hydrogens is 254 g/mol. The van der Waals surface area contributed by atoms with Crippen LogP contribution in [0.15, 0.2) is 53.4 Å². The Hall–Kier alpha value is -1.45. The van der Waals surface area contributed by atoms with E-state index in [0.717, 1.165) is 10.5 Å². The molecule has 0 radical (unpaired) electrons. The Balaban J connectivity index is 2.10. The molecule has 0 aliphatic carbocycles. The molecule has 2 atom stereocenters. The van der Waals surface area contributed by atoms with Gasteiger partial charge in [0, 0.05) is 16.7 Å². The lowest BCUT2D eigenvalue weighted by molar-refractivity contribution is 0.675. The molecule has 0 bridgehead atoms. The Bertz CT molecular complexity index is 581. The van der Waals surface area contributed by atoms with Gasteiger partial charge in [-0.25, -0.2) is 0 Å². The molecule has 19 heavy (non-hydrogen) atoms. The van der Waals surface area contributed by atoms with E-state index in [0.29, 0.717) is 5.75 Å². The lowest BCUT2D eigenvalue weighted by atomic mass is 10.0. The summed E-state index contributed by atoms with van der Waals surface area (Å²) in [6.07, 6.45) is 0. The summed E-state index contributed by atoms with van der Waals surface area (Å²) in [6, 6.07) is 15.5. The number of hydrogen-bond acceptors (Lipinski definition) is 2. The fraction of sp³-hybridized carbons (Fsp3) is 0.250. The molecule has 2 rings (SSSR count). The average Bonchev–Trinajstić information content (AvgIpc) is 2.42. The van der Waals surface area contributed by atoms with E-state index >= 15 is 0 Å². The zero-order valence-electron chi connectivity index (χ0n) is 11.3. The van der Waals surface area contributed by atoms with Crippen molar-refractivity contribution < 1.29 is 4.21 Å². The van der Waals surface area contributed by atoms with E-state index in [1.165, 1.54) is 11.1 Å². The average molecular weight is 273 g/mol. The third kappa shape index (κ3) is 3.52. The zero-order chi connectivity index (χ0) is 13.8. The Morgan fingerprint density at radius 2 is 1.74 bits per heavy atom. The minimum absolute atomic E-state index is 0.194. The van der Waals surface area contributed by atoms with Gasteiger partial charge in [0.25, 0.3) is 0 Å². The maximum absolute atomic E-state index is 12.2. The van der Waals surface area contributed by atoms with Gasteiger partial charge in [-0.1, -0.05) is 36.4 Å². The maximum Gasteiger partial charge on any atom is 0.0548 e. The van der Waals surface area contributed by atoms with Crippen LogP contribution in [0.4, 0.5) is 0 Å². The highest BCUT2D eigenvalue weighted by molar-refractivity contribution is 7.85. The molecule has 0 aliphatic heterocycles. The number of rotatable bonds is 4. The summed E-state index contributed by atoms with van der Waals surface area (Å²) in [5.74, 6) is 0.451. The van der Waals surface area contributed by atoms with Gasteiger partial charge in [0.15, 0.2) is 0 Å². The van der Waals surface area contributed by atoms with Crippen LogP contribution < -0.4 is 5.73 Å². The number of aryl methyl sites for hydroxylation is 2. The fourth-order valence-electron chi connectivity index (χ4n) is 1.92. The summed E-state index contributed by atoms with van der Waals surface area (Å²) in [4.78, 5) is 0.835. The quantitative estimate of drug-likeness (QED) is 0.930. The van der Waals surface area contributed by atoms with E-state index < -0.39 is 10.8 Å². The van der Waals surface area contributed by atoms with Crippen LogP contribution in [0.1, 0.15) is 22.7 Å². The molecule has 100 valence electrons. The van der Waals surface area contributed by atoms with Crippen LogP contribution in [-0.2, 0) is 10.8 Å². The van der Waals surface area contributed by atoms with E-state index in [9.17, 15) is 4.21 Å². The van der Waals surface area contributed by atoms with E-state index in [2.05, 4.69) is 26.0 Å². The topological polar surface area (TPSA) is 43.1 Å². The maximum atomic E-state index is 12.2. The van der Waals surface area contributed by atoms with Gasteiger partial charge < -0.3 is 5.73 Å². The Kier molecular flexibility index (Phi) is 4.51. The van der Waals surface area contributed by atoms with Gasteiger partial charge in [-0.05, 0) is 42.7 Å². The Morgan fingerprint density at radius 3 is 2.37 bits per heavy atom. The Labute approximate surface area is 117 Å². The highest BCUT2D eigenvalue weighted by atomic mass is 32.2. The fourth-order valence-corrected chi connectivity index (χ4v) is 3.09. The second kappa shape index (κ2) is 6.13. The molecule has 0 fully saturated rings. The van der Waals surface area contributed by atoms with Gasteiger partial charge in [-0.3, -0.25) is 4.21 Å². The molecular formula is C16H19NOS. The first-order chi connectivity index (χ1) is 9.08. The van der Waals surface area contributed by atoms with Crippen molar-refractivity contribution in [1.82, 2.24) is 0 Å². The van der Waals surface area contributed by atoms with Crippen molar-refractivity contribution in [3.8, 4) is 0 Å². The number of benzene rings is 2. The smallest absolute Gasteiger partial charge is 0.0548 e. The van der Waals surface area contributed by atoms with Crippen LogP contribution >= 0.6 is 0 Å². The van der Waals surface area contributed by atoms with E-state index in [4.69, 9.17) is 5.73 Å². The first-order valence-electron chi connectivity index (χ1n) is 6.34. The molecule has 0 aromatic heterocycles. The molecule has 2 nitrogen and oxygen atoms in total. The van der Waals surface area contributed by atoms with Crippen LogP contribution in [0, 0.1) is 13.8 Å². The molecule has 2 unspecified atom stereocenters. The molecule has 0 saturated carbocycles. The van der Waals surface area contributed by atoms with Crippen molar-refractivity contribution in [2.45, 2.75) is 24.8 Å². The van der Waals surface area contributed by atoms with Crippen molar-refractivity contribution in [3.63, 3.8) is 0 Å². The summed E-state index contributed by atoms with van der Waals surface area (Å²) < 4.78 is 12.2. The third-order valence-electron chi connectivity index (χ3n) is 3.30. The van der Waals surface area contributed by atoms with Gasteiger partial charge in [-0.15, -0.1) is 0 Å². The minimum atomic E-state index is -1.05. The molecule has 3 heteroatoms. The molecule has 0 saturated heterocycles. The summed E-state index contributed by atoms with van der Waals surface area (Å²) in [6.45, 7) is 4.15. The molecule has 0 amide bonds. The first-order valence-corrected chi connectivity index (χ1v) is 7.66. The molecule has 0 spiro atoms. The molecule has 0 aliphatic rings. The normalized spacial score (nSPS) is 14.1. The molecule has 2 aromatic carbocycles. The number of nitrogens with two attached hydrogens (primary N) is 1. The van der Waals surface area contributed by atoms with Crippen LogP contribution in [0.3, 0.4) is 0 Å². The first kappa shape index (κ1) is 14.0. The second-order valence-electron chi connectivity index (χ2n) is 4.78. The van der Waals surface area contributed by atoms with E-state index in [1.807, 2.05) is 36.4 Å². The van der Waals surface area contributed by atoms with Crippen LogP contribution in [0.25, 0.3) is 0 Å². The van der Waals surface area contributed by atoms with E-state index in [-0.39, 0.29) is 6.04 Å². The molecule has 2 N–H and O–H groups in total. The van der Waals surface area contributed by atoms with E-state index in [1.54, 1.807) is 0 Å². The van der Waals surface area contributed by atoms with Crippen LogP contribution in [-0.4, -0.2) is 9.96 Å². The SMILES string of the molecule is Cc1ccc(C(N)CS(=O)c2ccccc2)cc1C. The molecule has 2 aromatic rings. The summed E-state index contributed by atoms with van der Waals surface area (Å²) in [5.41, 5.74) is 9.68. The number of hydrogen-bond donors (Lipinski definition) is 1. The zero-order valence-corrected chi connectivity index (χ0v) is 12.1. The summed E-state index contributed by atoms with van der Waals surface area (Å²) in [7, 11) is -1.05. The van der Waals surface area contributed by atoms with Gasteiger partial charge in [0.2, 0.25) is 0 Å². The lowest BCUT2D eigenvalue weighted by Gasteiger charge is -2.13. The summed E-state index contributed by atoms with van der Waals surface area (Å²) in [5, 5.41) is 0. The standard InChI is InChI=1S/C16H19NOS/c1-12-8-9-14(10-13(12)2)16(17)11-19(18)15-6-4-3-5-7-15/h3-10,16H,11,17H2,1-2H3. The van der Waals surface area contributed by atoms with Gasteiger partial charge in [-0.2, -0.15) is 0 Å². The highest BCUT2D eigenvalue weighted by Gasteiger charge is 2.12. The van der Waals surface area contributed by atoms with Gasteiger partial charge >= 0.3 is 0 Å². The van der Waals surface area contributed by atoms with Crippen molar-refractivity contribution in [1.29, 1.82) is 0 Å². The Morgan fingerprint density at radius 1 is 1.05 bits per heavy atom. The van der Waals surface area contributed by atoms with Gasteiger partial charge in [0.1, 0.15) is 0 Å². The predicted molar refractivity (Wildman–Crippen MR) is 80.6 cm³/mol. The summed E-state index contributed by atoms with van der Waals surface area (Å²) >= 11 is 0. The van der Waals surface area contributed by atoms with Crippen LogP contribution in [0.5, 0.6) is 0 Å². The monoisotopic (exact) mass is 273 g/mol. The second-order valence-corrected chi connectivity index (χ2v) is 6.27. The highest BCUT2D eigenvalue weighted by Crippen LogP contribution is 2.18.